The summed E-state index contributed by atoms with van der Waals surface area (Å²) in [6.45, 7) is 4.27. The molecular weight excluding hydrogens is 228 g/mol. The van der Waals surface area contributed by atoms with E-state index in [9.17, 15) is 0 Å². The molecule has 1 aromatic carbocycles. The highest BCUT2D eigenvalue weighted by molar-refractivity contribution is 7.98. The average Bonchev–Trinajstić information content (AvgIpc) is 2.35. The number of rotatable bonds is 5. The highest BCUT2D eigenvalue weighted by atomic mass is 32.2. The van der Waals surface area contributed by atoms with Gasteiger partial charge in [-0.05, 0) is 31.2 Å². The zero-order valence-electron chi connectivity index (χ0n) is 10.4. The molecule has 0 saturated carbocycles. The first kappa shape index (κ1) is 12.4. The van der Waals surface area contributed by atoms with Crippen LogP contribution in [0.1, 0.15) is 31.2 Å². The number of nitrogens with zero attached hydrogens (tertiary/aromatic N) is 2. The summed E-state index contributed by atoms with van der Waals surface area (Å²) in [5.74, 6) is 2.19. The van der Waals surface area contributed by atoms with Gasteiger partial charge in [-0.15, -0.1) is 0 Å². The van der Waals surface area contributed by atoms with Gasteiger partial charge in [-0.3, -0.25) is 0 Å². The first-order valence-corrected chi connectivity index (χ1v) is 7.26. The van der Waals surface area contributed by atoms with Crippen LogP contribution in [0.4, 0.5) is 0 Å². The summed E-state index contributed by atoms with van der Waals surface area (Å²) in [7, 11) is 0. The summed E-state index contributed by atoms with van der Waals surface area (Å²) in [5, 5.41) is 0. The number of hydrogen-bond acceptors (Lipinski definition) is 3. The molecule has 0 radical (unpaired) electrons. The van der Waals surface area contributed by atoms with Crippen LogP contribution in [-0.4, -0.2) is 15.7 Å². The van der Waals surface area contributed by atoms with Crippen molar-refractivity contribution in [3.63, 3.8) is 0 Å². The van der Waals surface area contributed by atoms with Crippen molar-refractivity contribution in [3.05, 3.63) is 35.7 Å². The second kappa shape index (κ2) is 6.01. The van der Waals surface area contributed by atoms with Crippen molar-refractivity contribution in [3.8, 4) is 0 Å². The van der Waals surface area contributed by atoms with Crippen LogP contribution in [0.25, 0.3) is 11.0 Å². The number of benzene rings is 1. The minimum Gasteiger partial charge on any atom is -0.250 e. The fraction of sp³-hybridized carbons (Fsp3) is 0.429. The monoisotopic (exact) mass is 246 g/mol. The van der Waals surface area contributed by atoms with E-state index in [0.29, 0.717) is 0 Å². The molecule has 0 saturated heterocycles. The molecule has 1 aromatic heterocycles. The molecule has 0 N–H and O–H groups in total. The van der Waals surface area contributed by atoms with E-state index in [1.54, 1.807) is 0 Å². The van der Waals surface area contributed by atoms with Gasteiger partial charge in [-0.2, -0.15) is 11.8 Å². The third kappa shape index (κ3) is 3.19. The molecule has 0 fully saturated rings. The molecule has 0 bridgehead atoms. The third-order valence-electron chi connectivity index (χ3n) is 2.72. The van der Waals surface area contributed by atoms with Crippen molar-refractivity contribution >= 4 is 22.8 Å². The van der Waals surface area contributed by atoms with E-state index < -0.39 is 0 Å². The zero-order chi connectivity index (χ0) is 12.1. The number of aryl methyl sites for hydroxylation is 1. The maximum atomic E-state index is 4.69. The summed E-state index contributed by atoms with van der Waals surface area (Å²) in [5.41, 5.74) is 4.19. The lowest BCUT2D eigenvalue weighted by molar-refractivity contribution is 0.895. The molecule has 90 valence electrons. The largest absolute Gasteiger partial charge is 0.250 e. The maximum absolute atomic E-state index is 4.69. The van der Waals surface area contributed by atoms with Crippen LogP contribution in [0.5, 0.6) is 0 Å². The topological polar surface area (TPSA) is 25.8 Å². The molecule has 0 atom stereocenters. The van der Waals surface area contributed by atoms with E-state index in [1.807, 2.05) is 36.0 Å². The number of unbranched alkanes of at least 4 members (excludes halogenated alkanes) is 1. The van der Waals surface area contributed by atoms with E-state index >= 15 is 0 Å². The fourth-order valence-electron chi connectivity index (χ4n) is 1.68. The molecule has 1 heterocycles. The van der Waals surface area contributed by atoms with E-state index in [2.05, 4.69) is 23.8 Å². The Morgan fingerprint density at radius 3 is 2.53 bits per heavy atom. The van der Waals surface area contributed by atoms with E-state index in [0.717, 1.165) is 28.2 Å². The Bertz CT molecular complexity index is 497. The van der Waals surface area contributed by atoms with Crippen molar-refractivity contribution in [1.29, 1.82) is 0 Å². The van der Waals surface area contributed by atoms with Crippen LogP contribution in [0.15, 0.2) is 24.3 Å². The lowest BCUT2D eigenvalue weighted by Crippen LogP contribution is -1.97. The van der Waals surface area contributed by atoms with Gasteiger partial charge in [0.1, 0.15) is 0 Å². The standard InChI is InChI=1S/C14H18N2S/c1-3-4-9-17-10-14-11(2)15-12-7-5-6-8-13(12)16-14/h5-8H,3-4,9-10H2,1-2H3. The smallest absolute Gasteiger partial charge is 0.0890 e. The van der Waals surface area contributed by atoms with Crippen LogP contribution in [0.2, 0.25) is 0 Å². The molecule has 0 unspecified atom stereocenters. The van der Waals surface area contributed by atoms with E-state index in [4.69, 9.17) is 0 Å². The average molecular weight is 246 g/mol. The Kier molecular flexibility index (Phi) is 4.37. The minimum atomic E-state index is 0.976. The Balaban J connectivity index is 2.14. The van der Waals surface area contributed by atoms with Crippen molar-refractivity contribution in [1.82, 2.24) is 9.97 Å². The van der Waals surface area contributed by atoms with Gasteiger partial charge in [0.25, 0.3) is 0 Å². The van der Waals surface area contributed by atoms with Crippen molar-refractivity contribution < 1.29 is 0 Å². The van der Waals surface area contributed by atoms with Gasteiger partial charge in [-0.1, -0.05) is 25.5 Å². The van der Waals surface area contributed by atoms with Gasteiger partial charge in [0.15, 0.2) is 0 Å². The van der Waals surface area contributed by atoms with Crippen molar-refractivity contribution in [2.75, 3.05) is 5.75 Å². The van der Waals surface area contributed by atoms with Gasteiger partial charge < -0.3 is 0 Å². The molecule has 17 heavy (non-hydrogen) atoms. The molecule has 2 rings (SSSR count). The summed E-state index contributed by atoms with van der Waals surface area (Å²) in [6, 6.07) is 8.07. The third-order valence-corrected chi connectivity index (χ3v) is 3.78. The Hall–Kier alpha value is -1.09. The molecule has 0 aliphatic carbocycles. The molecule has 0 aliphatic heterocycles. The minimum absolute atomic E-state index is 0.976. The van der Waals surface area contributed by atoms with Crippen LogP contribution >= 0.6 is 11.8 Å². The quantitative estimate of drug-likeness (QED) is 0.746. The van der Waals surface area contributed by atoms with E-state index in [-0.39, 0.29) is 0 Å². The number of hydrogen-bond donors (Lipinski definition) is 0. The molecule has 2 nitrogen and oxygen atoms in total. The Morgan fingerprint density at radius 1 is 1.12 bits per heavy atom. The molecule has 3 heteroatoms. The predicted molar refractivity (Wildman–Crippen MR) is 75.3 cm³/mol. The Morgan fingerprint density at radius 2 is 1.82 bits per heavy atom. The van der Waals surface area contributed by atoms with Gasteiger partial charge >= 0.3 is 0 Å². The Labute approximate surface area is 107 Å². The van der Waals surface area contributed by atoms with Gasteiger partial charge in [0, 0.05) is 5.75 Å². The predicted octanol–water partition coefficient (Wildman–Crippen LogP) is 3.97. The first-order valence-electron chi connectivity index (χ1n) is 6.11. The first-order chi connectivity index (χ1) is 8.31. The fourth-order valence-corrected chi connectivity index (χ4v) is 2.78. The number of thioether (sulfide) groups is 1. The molecule has 0 amide bonds. The summed E-state index contributed by atoms with van der Waals surface area (Å²) in [6.07, 6.45) is 2.54. The molecule has 0 spiro atoms. The summed E-state index contributed by atoms with van der Waals surface area (Å²) < 4.78 is 0. The molecule has 2 aromatic rings. The van der Waals surface area contributed by atoms with Crippen LogP contribution < -0.4 is 0 Å². The van der Waals surface area contributed by atoms with Crippen LogP contribution in [-0.2, 0) is 5.75 Å². The van der Waals surface area contributed by atoms with Gasteiger partial charge in [0.2, 0.25) is 0 Å². The maximum Gasteiger partial charge on any atom is 0.0890 e. The second-order valence-electron chi connectivity index (χ2n) is 4.15. The van der Waals surface area contributed by atoms with Crippen molar-refractivity contribution in [2.24, 2.45) is 0 Å². The number of para-hydroxylation sites is 2. The van der Waals surface area contributed by atoms with Gasteiger partial charge in [-0.25, -0.2) is 9.97 Å². The number of fused-ring (bicyclic) bond motifs is 1. The van der Waals surface area contributed by atoms with Crippen LogP contribution in [0.3, 0.4) is 0 Å². The zero-order valence-corrected chi connectivity index (χ0v) is 11.3. The molecule has 0 aliphatic rings. The lowest BCUT2D eigenvalue weighted by atomic mass is 10.2. The normalized spacial score (nSPS) is 10.9. The highest BCUT2D eigenvalue weighted by Crippen LogP contribution is 2.17. The lowest BCUT2D eigenvalue weighted by Gasteiger charge is -2.06. The summed E-state index contributed by atoms with van der Waals surface area (Å²) in [4.78, 5) is 9.29. The van der Waals surface area contributed by atoms with Gasteiger partial charge in [0.05, 0.1) is 22.4 Å². The second-order valence-corrected chi connectivity index (χ2v) is 5.26. The van der Waals surface area contributed by atoms with Crippen LogP contribution in [0, 0.1) is 6.92 Å². The highest BCUT2D eigenvalue weighted by Gasteiger charge is 2.04. The SMILES string of the molecule is CCCCSCc1nc2ccccc2nc1C. The number of aromatic nitrogens is 2. The van der Waals surface area contributed by atoms with Crippen molar-refractivity contribution in [2.45, 2.75) is 32.4 Å². The van der Waals surface area contributed by atoms with E-state index in [1.165, 1.54) is 18.6 Å². The summed E-state index contributed by atoms with van der Waals surface area (Å²) >= 11 is 1.95. The molecular formula is C14H18N2S.